The Hall–Kier alpha value is -3.02. The van der Waals surface area contributed by atoms with Crippen molar-refractivity contribution < 1.29 is 18.8 Å². The summed E-state index contributed by atoms with van der Waals surface area (Å²) in [4.78, 5) is 15.3. The van der Waals surface area contributed by atoms with E-state index >= 15 is 0 Å². The van der Waals surface area contributed by atoms with E-state index in [2.05, 4.69) is 10.1 Å². The quantitative estimate of drug-likeness (QED) is 0.794. The molecule has 6 heteroatoms. The largest absolute Gasteiger partial charge is 0.478 e. The summed E-state index contributed by atoms with van der Waals surface area (Å²) in [5.74, 6) is -1.20. The maximum atomic E-state index is 14.0. The van der Waals surface area contributed by atoms with E-state index < -0.39 is 11.8 Å². The molecule has 0 amide bonds. The number of carboxylic acid groups (broad SMARTS) is 1. The van der Waals surface area contributed by atoms with Crippen LogP contribution in [0.1, 0.15) is 21.5 Å². The molecule has 0 unspecified atom stereocenters. The molecular formula is C17H13FN2O3. The van der Waals surface area contributed by atoms with Gasteiger partial charge in [-0.15, -0.1) is 0 Å². The van der Waals surface area contributed by atoms with Crippen LogP contribution in [-0.4, -0.2) is 21.2 Å². The molecule has 1 N–H and O–H groups in total. The SMILES string of the molecule is Cc1ccc(C(=O)O)cc1-c1noc(-c2c(C)cccc2F)n1. The molecule has 23 heavy (non-hydrogen) atoms. The summed E-state index contributed by atoms with van der Waals surface area (Å²) in [6, 6.07) is 9.32. The van der Waals surface area contributed by atoms with Crippen LogP contribution in [0.4, 0.5) is 4.39 Å². The second-order valence-electron chi connectivity index (χ2n) is 5.19. The summed E-state index contributed by atoms with van der Waals surface area (Å²) < 4.78 is 19.2. The molecule has 116 valence electrons. The van der Waals surface area contributed by atoms with E-state index in [0.717, 1.165) is 5.56 Å². The first-order valence-electron chi connectivity index (χ1n) is 6.91. The third kappa shape index (κ3) is 2.70. The molecule has 2 aromatic carbocycles. The highest BCUT2D eigenvalue weighted by atomic mass is 19.1. The predicted octanol–water partition coefficient (Wildman–Crippen LogP) is 3.86. The fourth-order valence-corrected chi connectivity index (χ4v) is 2.33. The van der Waals surface area contributed by atoms with Crippen LogP contribution in [0.25, 0.3) is 22.8 Å². The molecule has 3 rings (SSSR count). The van der Waals surface area contributed by atoms with Gasteiger partial charge in [0.15, 0.2) is 0 Å². The van der Waals surface area contributed by atoms with E-state index in [0.29, 0.717) is 11.1 Å². The van der Waals surface area contributed by atoms with Gasteiger partial charge >= 0.3 is 5.97 Å². The lowest BCUT2D eigenvalue weighted by Gasteiger charge is -2.03. The van der Waals surface area contributed by atoms with E-state index in [9.17, 15) is 9.18 Å². The van der Waals surface area contributed by atoms with Crippen LogP contribution >= 0.6 is 0 Å². The van der Waals surface area contributed by atoms with Crippen LogP contribution in [0.5, 0.6) is 0 Å². The van der Waals surface area contributed by atoms with E-state index in [4.69, 9.17) is 9.63 Å². The zero-order valence-electron chi connectivity index (χ0n) is 12.5. The molecule has 1 heterocycles. The Kier molecular flexibility index (Phi) is 3.65. The predicted molar refractivity (Wildman–Crippen MR) is 81.6 cm³/mol. The molecule has 5 nitrogen and oxygen atoms in total. The Labute approximate surface area is 131 Å². The Morgan fingerprint density at radius 3 is 2.65 bits per heavy atom. The second kappa shape index (κ2) is 5.64. The van der Waals surface area contributed by atoms with Crippen molar-refractivity contribution in [3.8, 4) is 22.8 Å². The van der Waals surface area contributed by atoms with Crippen molar-refractivity contribution in [3.63, 3.8) is 0 Å². The first-order valence-corrected chi connectivity index (χ1v) is 6.91. The average Bonchev–Trinajstić information content (AvgIpc) is 2.96. The highest BCUT2D eigenvalue weighted by Gasteiger charge is 2.18. The maximum Gasteiger partial charge on any atom is 0.335 e. The number of aromatic carboxylic acids is 1. The van der Waals surface area contributed by atoms with Gasteiger partial charge in [0.25, 0.3) is 5.89 Å². The molecule has 0 radical (unpaired) electrons. The fraction of sp³-hybridized carbons (Fsp3) is 0.118. The van der Waals surface area contributed by atoms with Gasteiger partial charge in [0.1, 0.15) is 5.82 Å². The average molecular weight is 312 g/mol. The topological polar surface area (TPSA) is 76.2 Å². The fourth-order valence-electron chi connectivity index (χ4n) is 2.33. The van der Waals surface area contributed by atoms with Gasteiger partial charge in [0.05, 0.1) is 11.1 Å². The van der Waals surface area contributed by atoms with Gasteiger partial charge in [-0.25, -0.2) is 9.18 Å². The summed E-state index contributed by atoms with van der Waals surface area (Å²) in [6.07, 6.45) is 0. The van der Waals surface area contributed by atoms with Gasteiger partial charge in [0.2, 0.25) is 5.82 Å². The highest BCUT2D eigenvalue weighted by Crippen LogP contribution is 2.28. The summed E-state index contributed by atoms with van der Waals surface area (Å²) in [5.41, 5.74) is 2.38. The number of halogens is 1. The lowest BCUT2D eigenvalue weighted by atomic mass is 10.0. The third-order valence-corrected chi connectivity index (χ3v) is 3.59. The zero-order chi connectivity index (χ0) is 16.6. The van der Waals surface area contributed by atoms with E-state index in [1.807, 2.05) is 6.92 Å². The van der Waals surface area contributed by atoms with Gasteiger partial charge in [-0.1, -0.05) is 23.4 Å². The van der Waals surface area contributed by atoms with Crippen molar-refractivity contribution in [1.29, 1.82) is 0 Å². The molecule has 0 aliphatic rings. The van der Waals surface area contributed by atoms with Gasteiger partial charge in [-0.05, 0) is 43.2 Å². The first kappa shape index (κ1) is 14.9. The molecule has 0 atom stereocenters. The summed E-state index contributed by atoms with van der Waals surface area (Å²) in [5, 5.41) is 12.9. The van der Waals surface area contributed by atoms with Crippen molar-refractivity contribution in [2.24, 2.45) is 0 Å². The Morgan fingerprint density at radius 2 is 1.96 bits per heavy atom. The molecule has 0 spiro atoms. The van der Waals surface area contributed by atoms with Crippen LogP contribution in [0.15, 0.2) is 40.9 Å². The number of carboxylic acids is 1. The van der Waals surface area contributed by atoms with Crippen LogP contribution in [0.3, 0.4) is 0 Å². The third-order valence-electron chi connectivity index (χ3n) is 3.59. The number of aromatic nitrogens is 2. The number of rotatable bonds is 3. The Balaban J connectivity index is 2.10. The second-order valence-corrected chi connectivity index (χ2v) is 5.19. The standard InChI is InChI=1S/C17H13FN2O3/c1-9-6-7-11(17(21)22)8-12(9)15-19-16(23-20-15)14-10(2)4-3-5-13(14)18/h3-8H,1-2H3,(H,21,22). The summed E-state index contributed by atoms with van der Waals surface area (Å²) >= 11 is 0. The monoisotopic (exact) mass is 312 g/mol. The van der Waals surface area contributed by atoms with Crippen molar-refractivity contribution >= 4 is 5.97 Å². The molecule has 3 aromatic rings. The van der Waals surface area contributed by atoms with Crippen LogP contribution < -0.4 is 0 Å². The number of hydrogen-bond donors (Lipinski definition) is 1. The van der Waals surface area contributed by atoms with Crippen molar-refractivity contribution in [2.45, 2.75) is 13.8 Å². The van der Waals surface area contributed by atoms with Crippen LogP contribution in [0.2, 0.25) is 0 Å². The number of aryl methyl sites for hydroxylation is 2. The number of hydrogen-bond acceptors (Lipinski definition) is 4. The minimum absolute atomic E-state index is 0.0655. The summed E-state index contributed by atoms with van der Waals surface area (Å²) in [6.45, 7) is 3.56. The smallest absolute Gasteiger partial charge is 0.335 e. The van der Waals surface area contributed by atoms with Gasteiger partial charge in [-0.3, -0.25) is 0 Å². The normalized spacial score (nSPS) is 10.7. The van der Waals surface area contributed by atoms with E-state index in [1.54, 1.807) is 25.1 Å². The summed E-state index contributed by atoms with van der Waals surface area (Å²) in [7, 11) is 0. The van der Waals surface area contributed by atoms with E-state index in [1.165, 1.54) is 18.2 Å². The maximum absolute atomic E-state index is 14.0. The lowest BCUT2D eigenvalue weighted by Crippen LogP contribution is -1.98. The molecular weight excluding hydrogens is 299 g/mol. The minimum Gasteiger partial charge on any atom is -0.478 e. The molecule has 0 aliphatic heterocycles. The lowest BCUT2D eigenvalue weighted by molar-refractivity contribution is 0.0697. The van der Waals surface area contributed by atoms with Crippen molar-refractivity contribution in [2.75, 3.05) is 0 Å². The number of benzene rings is 2. The first-order chi connectivity index (χ1) is 11.0. The molecule has 0 fully saturated rings. The van der Waals surface area contributed by atoms with Crippen molar-refractivity contribution in [1.82, 2.24) is 10.1 Å². The van der Waals surface area contributed by atoms with Gasteiger partial charge < -0.3 is 9.63 Å². The molecule has 0 bridgehead atoms. The number of carbonyl (C=O) groups is 1. The molecule has 0 aliphatic carbocycles. The van der Waals surface area contributed by atoms with Gasteiger partial charge in [-0.2, -0.15) is 4.98 Å². The highest BCUT2D eigenvalue weighted by molar-refractivity contribution is 5.89. The zero-order valence-corrected chi connectivity index (χ0v) is 12.5. The molecule has 1 aromatic heterocycles. The van der Waals surface area contributed by atoms with Crippen LogP contribution in [0, 0.1) is 19.7 Å². The Morgan fingerprint density at radius 1 is 1.17 bits per heavy atom. The minimum atomic E-state index is -1.04. The van der Waals surface area contributed by atoms with Crippen molar-refractivity contribution in [3.05, 3.63) is 58.9 Å². The Bertz CT molecular complexity index is 882. The number of nitrogens with zero attached hydrogens (tertiary/aromatic N) is 2. The van der Waals surface area contributed by atoms with E-state index in [-0.39, 0.29) is 22.8 Å². The van der Waals surface area contributed by atoms with Crippen LogP contribution in [-0.2, 0) is 0 Å². The molecule has 0 saturated carbocycles. The molecule has 0 saturated heterocycles. The van der Waals surface area contributed by atoms with Gasteiger partial charge in [0, 0.05) is 5.56 Å².